The molecule has 0 heterocycles. The number of hydrogen-bond donors (Lipinski definition) is 0. The molecule has 0 spiro atoms. The first kappa shape index (κ1) is 14.7. The first-order valence-electron chi connectivity index (χ1n) is 4.50. The van der Waals surface area contributed by atoms with Gasteiger partial charge in [0.25, 0.3) is 0 Å². The molecule has 0 saturated carbocycles. The summed E-state index contributed by atoms with van der Waals surface area (Å²) in [7, 11) is 0. The second kappa shape index (κ2) is 5.18. The fraction of sp³-hybridized carbons (Fsp3) is 0.455. The molecule has 0 aliphatic heterocycles. The van der Waals surface area contributed by atoms with Crippen LogP contribution < -0.4 is 0 Å². The van der Waals surface area contributed by atoms with Crippen LogP contribution in [0.4, 0.5) is 17.6 Å². The highest BCUT2D eigenvalue weighted by Crippen LogP contribution is 2.38. The normalized spacial score (nSPS) is 14.1. The molecule has 0 aromatic heterocycles. The molecule has 0 aromatic rings. The summed E-state index contributed by atoms with van der Waals surface area (Å²) in [6.07, 6.45) is -2.56. The topological polar surface area (TPSA) is 9.23 Å². The molecule has 1 nitrogen and oxygen atoms in total. The first-order chi connectivity index (χ1) is 7.15. The Kier molecular flexibility index (Phi) is 4.78. The Morgan fingerprint density at radius 1 is 1.19 bits per heavy atom. The highest BCUT2D eigenvalue weighted by atomic mass is 19.4. The van der Waals surface area contributed by atoms with Gasteiger partial charge in [-0.1, -0.05) is 13.2 Å². The fourth-order valence-corrected chi connectivity index (χ4v) is 0.666. The van der Waals surface area contributed by atoms with Crippen LogP contribution in [0.15, 0.2) is 36.9 Å². The lowest BCUT2D eigenvalue weighted by molar-refractivity contribution is -0.223. The Bertz CT molecular complexity index is 300. The van der Waals surface area contributed by atoms with Crippen LogP contribution in [0.2, 0.25) is 0 Å². The maximum Gasteiger partial charge on any atom is 0.397 e. The maximum absolute atomic E-state index is 13.0. The Morgan fingerprint density at radius 3 is 2.00 bits per heavy atom. The molecule has 0 aromatic carbocycles. The van der Waals surface area contributed by atoms with Crippen molar-refractivity contribution in [2.75, 3.05) is 6.61 Å². The largest absolute Gasteiger partial charge is 0.490 e. The van der Waals surface area contributed by atoms with Crippen molar-refractivity contribution < 1.29 is 22.3 Å². The van der Waals surface area contributed by atoms with E-state index in [2.05, 4.69) is 13.2 Å². The van der Waals surface area contributed by atoms with Gasteiger partial charge in [0.1, 0.15) is 6.61 Å². The molecule has 16 heavy (non-hydrogen) atoms. The molecule has 0 N–H and O–H groups in total. The van der Waals surface area contributed by atoms with Gasteiger partial charge in [0.05, 0.1) is 5.41 Å². The standard InChI is InChI=1S/C11H14F4O/c1-5-8(12)9(6-2)16-7-10(3,4)11(13,14)15/h5-6H,1-2,7H2,3-4H3/b9-8-. The van der Waals surface area contributed by atoms with Crippen molar-refractivity contribution in [3.05, 3.63) is 36.9 Å². The third-order valence-electron chi connectivity index (χ3n) is 1.96. The van der Waals surface area contributed by atoms with E-state index < -0.39 is 24.0 Å². The number of alkyl halides is 3. The minimum Gasteiger partial charge on any atom is -0.490 e. The molecule has 0 bridgehead atoms. The van der Waals surface area contributed by atoms with Gasteiger partial charge in [0.2, 0.25) is 0 Å². The van der Waals surface area contributed by atoms with Crippen molar-refractivity contribution in [1.29, 1.82) is 0 Å². The maximum atomic E-state index is 13.0. The van der Waals surface area contributed by atoms with Gasteiger partial charge in [-0.25, -0.2) is 4.39 Å². The lowest BCUT2D eigenvalue weighted by Crippen LogP contribution is -2.36. The SMILES string of the molecule is C=C/C(F)=C(\C=C)OCC(C)(C)C(F)(F)F. The highest BCUT2D eigenvalue weighted by molar-refractivity contribution is 5.21. The van der Waals surface area contributed by atoms with Crippen LogP contribution in [0.5, 0.6) is 0 Å². The second-order valence-corrected chi connectivity index (χ2v) is 3.79. The number of hydrogen-bond acceptors (Lipinski definition) is 1. The van der Waals surface area contributed by atoms with Crippen LogP contribution in [-0.2, 0) is 4.74 Å². The molecule has 0 aliphatic carbocycles. The van der Waals surface area contributed by atoms with E-state index in [4.69, 9.17) is 4.74 Å². The molecule has 0 fully saturated rings. The van der Waals surface area contributed by atoms with Crippen LogP contribution >= 0.6 is 0 Å². The zero-order valence-electron chi connectivity index (χ0n) is 9.20. The van der Waals surface area contributed by atoms with Crippen LogP contribution in [0, 0.1) is 5.41 Å². The van der Waals surface area contributed by atoms with E-state index in [1.54, 1.807) is 0 Å². The van der Waals surface area contributed by atoms with Crippen molar-refractivity contribution in [1.82, 2.24) is 0 Å². The minimum atomic E-state index is -4.41. The third-order valence-corrected chi connectivity index (χ3v) is 1.96. The molecule has 5 heteroatoms. The first-order valence-corrected chi connectivity index (χ1v) is 4.50. The number of allylic oxidation sites excluding steroid dienone is 3. The lowest BCUT2D eigenvalue weighted by Gasteiger charge is -2.27. The number of halogens is 4. The van der Waals surface area contributed by atoms with Gasteiger partial charge in [-0.15, -0.1) is 0 Å². The summed E-state index contributed by atoms with van der Waals surface area (Å²) in [6, 6.07) is 0. The van der Waals surface area contributed by atoms with Crippen LogP contribution in [-0.4, -0.2) is 12.8 Å². The van der Waals surface area contributed by atoms with Crippen molar-refractivity contribution in [3.63, 3.8) is 0 Å². The van der Waals surface area contributed by atoms with E-state index in [1.165, 1.54) is 0 Å². The predicted molar refractivity (Wildman–Crippen MR) is 54.3 cm³/mol. The van der Waals surface area contributed by atoms with Gasteiger partial charge >= 0.3 is 6.18 Å². The van der Waals surface area contributed by atoms with E-state index in [9.17, 15) is 17.6 Å². The van der Waals surface area contributed by atoms with Crippen molar-refractivity contribution in [2.45, 2.75) is 20.0 Å². The molecular weight excluding hydrogens is 224 g/mol. The summed E-state index contributed by atoms with van der Waals surface area (Å²) in [5, 5.41) is 0. The van der Waals surface area contributed by atoms with Gasteiger partial charge in [-0.05, 0) is 26.0 Å². The Morgan fingerprint density at radius 2 is 1.69 bits per heavy atom. The summed E-state index contributed by atoms with van der Waals surface area (Å²) in [4.78, 5) is 0. The van der Waals surface area contributed by atoms with E-state index in [-0.39, 0.29) is 5.76 Å². The molecule has 0 saturated heterocycles. The molecule has 0 amide bonds. The Labute approximate surface area is 92.1 Å². The molecule has 0 aliphatic rings. The van der Waals surface area contributed by atoms with E-state index in [0.717, 1.165) is 26.0 Å². The van der Waals surface area contributed by atoms with E-state index in [1.807, 2.05) is 0 Å². The summed E-state index contributed by atoms with van der Waals surface area (Å²) >= 11 is 0. The molecule has 0 rings (SSSR count). The van der Waals surface area contributed by atoms with Crippen molar-refractivity contribution in [2.24, 2.45) is 5.41 Å². The molecule has 92 valence electrons. The lowest BCUT2D eigenvalue weighted by atomic mass is 9.94. The number of rotatable bonds is 5. The summed E-state index contributed by atoms with van der Waals surface area (Å²) in [5.41, 5.74) is -2.05. The third kappa shape index (κ3) is 3.72. The van der Waals surface area contributed by atoms with Gasteiger partial charge in [0, 0.05) is 0 Å². The zero-order chi connectivity index (χ0) is 13.0. The summed E-state index contributed by atoms with van der Waals surface area (Å²) < 4.78 is 55.0. The Hall–Kier alpha value is -1.26. The van der Waals surface area contributed by atoms with Gasteiger partial charge in [-0.3, -0.25) is 0 Å². The highest BCUT2D eigenvalue weighted by Gasteiger charge is 2.48. The molecule has 0 unspecified atom stereocenters. The molecule has 0 atom stereocenters. The van der Waals surface area contributed by atoms with Crippen LogP contribution in [0.3, 0.4) is 0 Å². The smallest absolute Gasteiger partial charge is 0.397 e. The predicted octanol–water partition coefficient (Wildman–Crippen LogP) is 4.14. The summed E-state index contributed by atoms with van der Waals surface area (Å²) in [6.45, 7) is 7.64. The van der Waals surface area contributed by atoms with Gasteiger partial charge in [-0.2, -0.15) is 13.2 Å². The molecule has 0 radical (unpaired) electrons. The average molecular weight is 238 g/mol. The van der Waals surface area contributed by atoms with E-state index >= 15 is 0 Å². The van der Waals surface area contributed by atoms with E-state index in [0.29, 0.717) is 0 Å². The fourth-order valence-electron chi connectivity index (χ4n) is 0.666. The van der Waals surface area contributed by atoms with Gasteiger partial charge in [0.15, 0.2) is 11.6 Å². The zero-order valence-corrected chi connectivity index (χ0v) is 9.20. The van der Waals surface area contributed by atoms with Gasteiger partial charge < -0.3 is 4.74 Å². The molecular formula is C11H14F4O. The van der Waals surface area contributed by atoms with Crippen molar-refractivity contribution in [3.8, 4) is 0 Å². The quantitative estimate of drug-likeness (QED) is 0.397. The summed E-state index contributed by atoms with van der Waals surface area (Å²) in [5.74, 6) is -1.18. The second-order valence-electron chi connectivity index (χ2n) is 3.79. The minimum absolute atomic E-state index is 0.340. The average Bonchev–Trinajstić information content (AvgIpc) is 2.16. The number of ether oxygens (including phenoxy) is 1. The Balaban J connectivity index is 4.68. The van der Waals surface area contributed by atoms with Crippen LogP contribution in [0.1, 0.15) is 13.8 Å². The van der Waals surface area contributed by atoms with Crippen molar-refractivity contribution >= 4 is 0 Å². The monoisotopic (exact) mass is 238 g/mol. The van der Waals surface area contributed by atoms with Crippen LogP contribution in [0.25, 0.3) is 0 Å².